The molecule has 3 aromatic rings. The molecule has 0 bridgehead atoms. The minimum absolute atomic E-state index is 0.160. The molecule has 5 nitrogen and oxygen atoms in total. The van der Waals surface area contributed by atoms with Crippen molar-refractivity contribution in [1.29, 1.82) is 0 Å². The summed E-state index contributed by atoms with van der Waals surface area (Å²) in [5.74, 6) is 1.60. The third-order valence-corrected chi connectivity index (χ3v) is 5.05. The average Bonchev–Trinajstić information content (AvgIpc) is 3.08. The van der Waals surface area contributed by atoms with Crippen LogP contribution in [0.25, 0.3) is 5.69 Å². The van der Waals surface area contributed by atoms with Crippen LogP contribution in [0.4, 0.5) is 11.5 Å². The standard InChI is InChI=1S/C22H23N3O2/c1-3-15-7-4-5-8-18(15)23-22-21-19(9-6-10-20(21)26)25(24-22)16-11-13-17(27-2)14-12-16/h4-5,7-8,11-14H,3,6,9-10H2,1-2H3,(H,23,24). The molecule has 2 aromatic carbocycles. The van der Waals surface area contributed by atoms with E-state index in [9.17, 15) is 4.79 Å². The predicted octanol–water partition coefficient (Wildman–Crippen LogP) is 4.71. The molecule has 4 rings (SSSR count). The highest BCUT2D eigenvalue weighted by Gasteiger charge is 2.28. The maximum Gasteiger partial charge on any atom is 0.168 e. The number of hydrogen-bond donors (Lipinski definition) is 1. The van der Waals surface area contributed by atoms with E-state index < -0.39 is 0 Å². The molecule has 1 N–H and O–H groups in total. The fourth-order valence-electron chi connectivity index (χ4n) is 3.62. The molecule has 0 amide bonds. The summed E-state index contributed by atoms with van der Waals surface area (Å²) in [5.41, 5.74) is 4.84. The molecule has 1 heterocycles. The first kappa shape index (κ1) is 17.3. The van der Waals surface area contributed by atoms with Crippen LogP contribution in [0.3, 0.4) is 0 Å². The maximum absolute atomic E-state index is 12.7. The molecule has 1 aliphatic carbocycles. The molecule has 0 saturated heterocycles. The molecule has 0 fully saturated rings. The van der Waals surface area contributed by atoms with Crippen LogP contribution >= 0.6 is 0 Å². The molecule has 1 aromatic heterocycles. The van der Waals surface area contributed by atoms with E-state index in [-0.39, 0.29) is 5.78 Å². The number of anilines is 2. The minimum atomic E-state index is 0.160. The molecular weight excluding hydrogens is 338 g/mol. The van der Waals surface area contributed by atoms with Crippen molar-refractivity contribution in [2.45, 2.75) is 32.6 Å². The van der Waals surface area contributed by atoms with Crippen LogP contribution in [0.2, 0.25) is 0 Å². The van der Waals surface area contributed by atoms with Gasteiger partial charge in [0.05, 0.1) is 24.1 Å². The Morgan fingerprint density at radius 2 is 1.89 bits per heavy atom. The van der Waals surface area contributed by atoms with Gasteiger partial charge >= 0.3 is 0 Å². The SMILES string of the molecule is CCc1ccccc1Nc1nn(-c2ccc(OC)cc2)c2c1C(=O)CCC2. The molecule has 0 radical (unpaired) electrons. The fourth-order valence-corrected chi connectivity index (χ4v) is 3.62. The number of aryl methyl sites for hydroxylation is 1. The summed E-state index contributed by atoms with van der Waals surface area (Å²) in [6.45, 7) is 2.12. The van der Waals surface area contributed by atoms with E-state index in [4.69, 9.17) is 9.84 Å². The summed E-state index contributed by atoms with van der Waals surface area (Å²) in [6, 6.07) is 15.9. The smallest absolute Gasteiger partial charge is 0.168 e. The highest BCUT2D eigenvalue weighted by Crippen LogP contribution is 2.32. The van der Waals surface area contributed by atoms with Gasteiger partial charge in [0.15, 0.2) is 11.6 Å². The number of aromatic nitrogens is 2. The number of hydrogen-bond acceptors (Lipinski definition) is 4. The van der Waals surface area contributed by atoms with Gasteiger partial charge in [0.2, 0.25) is 0 Å². The largest absolute Gasteiger partial charge is 0.497 e. The molecule has 1 aliphatic rings. The highest BCUT2D eigenvalue weighted by atomic mass is 16.5. The van der Waals surface area contributed by atoms with Crippen molar-refractivity contribution in [2.75, 3.05) is 12.4 Å². The topological polar surface area (TPSA) is 56.1 Å². The maximum atomic E-state index is 12.7. The van der Waals surface area contributed by atoms with E-state index in [1.807, 2.05) is 47.1 Å². The first-order valence-electron chi connectivity index (χ1n) is 9.35. The summed E-state index contributed by atoms with van der Waals surface area (Å²) in [6.07, 6.45) is 3.19. The second-order valence-corrected chi connectivity index (χ2v) is 6.69. The number of carbonyl (C=O) groups excluding carboxylic acids is 1. The van der Waals surface area contributed by atoms with Crippen LogP contribution in [0.5, 0.6) is 5.75 Å². The van der Waals surface area contributed by atoms with Crippen molar-refractivity contribution >= 4 is 17.3 Å². The van der Waals surface area contributed by atoms with Crippen LogP contribution in [-0.2, 0) is 12.8 Å². The number of Topliss-reactive ketones (excluding diaryl/α,β-unsaturated/α-hetero) is 1. The van der Waals surface area contributed by atoms with E-state index >= 15 is 0 Å². The minimum Gasteiger partial charge on any atom is -0.497 e. The van der Waals surface area contributed by atoms with Gasteiger partial charge in [0, 0.05) is 12.1 Å². The lowest BCUT2D eigenvalue weighted by molar-refractivity contribution is 0.0973. The van der Waals surface area contributed by atoms with Crippen molar-refractivity contribution in [1.82, 2.24) is 9.78 Å². The Morgan fingerprint density at radius 1 is 1.11 bits per heavy atom. The number of benzene rings is 2. The van der Waals surface area contributed by atoms with Gasteiger partial charge in [-0.3, -0.25) is 4.79 Å². The normalized spacial score (nSPS) is 13.3. The number of carbonyl (C=O) groups is 1. The Balaban J connectivity index is 1.80. The van der Waals surface area contributed by atoms with Crippen LogP contribution in [0.15, 0.2) is 48.5 Å². The zero-order valence-corrected chi connectivity index (χ0v) is 15.7. The second kappa shape index (κ2) is 7.27. The Bertz CT molecular complexity index is 974. The molecule has 0 aliphatic heterocycles. The first-order chi connectivity index (χ1) is 13.2. The highest BCUT2D eigenvalue weighted by molar-refractivity contribution is 6.03. The van der Waals surface area contributed by atoms with E-state index in [2.05, 4.69) is 18.3 Å². The molecule has 5 heteroatoms. The van der Waals surface area contributed by atoms with Gasteiger partial charge in [-0.05, 0) is 55.2 Å². The van der Waals surface area contributed by atoms with Crippen molar-refractivity contribution in [3.63, 3.8) is 0 Å². The Kier molecular flexibility index (Phi) is 4.67. The van der Waals surface area contributed by atoms with E-state index in [1.165, 1.54) is 5.56 Å². The van der Waals surface area contributed by atoms with Crippen LogP contribution in [0, 0.1) is 0 Å². The lowest BCUT2D eigenvalue weighted by Crippen LogP contribution is -2.13. The number of nitrogens with zero attached hydrogens (tertiary/aromatic N) is 2. The Labute approximate surface area is 159 Å². The number of ether oxygens (including phenoxy) is 1. The summed E-state index contributed by atoms with van der Waals surface area (Å²) >= 11 is 0. The number of methoxy groups -OCH3 is 1. The second-order valence-electron chi connectivity index (χ2n) is 6.69. The van der Waals surface area contributed by atoms with Gasteiger partial charge in [-0.2, -0.15) is 0 Å². The van der Waals surface area contributed by atoms with E-state index in [1.54, 1.807) is 7.11 Å². The molecule has 0 spiro atoms. The molecule has 0 unspecified atom stereocenters. The number of rotatable bonds is 5. The molecule has 0 saturated carbocycles. The lowest BCUT2D eigenvalue weighted by Gasteiger charge is -2.14. The summed E-state index contributed by atoms with van der Waals surface area (Å²) in [7, 11) is 1.65. The zero-order chi connectivity index (χ0) is 18.8. The van der Waals surface area contributed by atoms with Gasteiger partial charge in [0.25, 0.3) is 0 Å². The number of ketones is 1. The van der Waals surface area contributed by atoms with Crippen molar-refractivity contribution in [3.05, 3.63) is 65.4 Å². The van der Waals surface area contributed by atoms with Gasteiger partial charge in [0.1, 0.15) is 5.75 Å². The number of nitrogens with one attached hydrogen (secondary N) is 1. The fraction of sp³-hybridized carbons (Fsp3) is 0.273. The van der Waals surface area contributed by atoms with E-state index in [0.29, 0.717) is 12.2 Å². The Morgan fingerprint density at radius 3 is 2.63 bits per heavy atom. The van der Waals surface area contributed by atoms with Crippen molar-refractivity contribution in [3.8, 4) is 11.4 Å². The third-order valence-electron chi connectivity index (χ3n) is 5.05. The zero-order valence-electron chi connectivity index (χ0n) is 15.7. The number of fused-ring (bicyclic) bond motifs is 1. The van der Waals surface area contributed by atoms with Crippen molar-refractivity contribution in [2.24, 2.45) is 0 Å². The molecule has 27 heavy (non-hydrogen) atoms. The Hall–Kier alpha value is -3.08. The van der Waals surface area contributed by atoms with E-state index in [0.717, 1.165) is 47.6 Å². The average molecular weight is 361 g/mol. The van der Waals surface area contributed by atoms with Gasteiger partial charge in [-0.15, -0.1) is 5.10 Å². The quantitative estimate of drug-likeness (QED) is 0.715. The van der Waals surface area contributed by atoms with Gasteiger partial charge in [-0.1, -0.05) is 25.1 Å². The van der Waals surface area contributed by atoms with Crippen molar-refractivity contribution < 1.29 is 9.53 Å². The van der Waals surface area contributed by atoms with Crippen LogP contribution in [0.1, 0.15) is 41.4 Å². The predicted molar refractivity (Wildman–Crippen MR) is 106 cm³/mol. The molecular formula is C22H23N3O2. The summed E-state index contributed by atoms with van der Waals surface area (Å²) in [4.78, 5) is 12.7. The third kappa shape index (κ3) is 3.21. The van der Waals surface area contributed by atoms with Gasteiger partial charge < -0.3 is 10.1 Å². The monoisotopic (exact) mass is 361 g/mol. The molecule has 138 valence electrons. The lowest BCUT2D eigenvalue weighted by atomic mass is 9.95. The first-order valence-corrected chi connectivity index (χ1v) is 9.35. The van der Waals surface area contributed by atoms with Crippen LogP contribution < -0.4 is 10.1 Å². The van der Waals surface area contributed by atoms with Crippen LogP contribution in [-0.4, -0.2) is 22.7 Å². The summed E-state index contributed by atoms with van der Waals surface area (Å²) in [5, 5.41) is 8.20. The van der Waals surface area contributed by atoms with Gasteiger partial charge in [-0.25, -0.2) is 4.68 Å². The number of para-hydroxylation sites is 1. The molecule has 0 atom stereocenters. The summed E-state index contributed by atoms with van der Waals surface area (Å²) < 4.78 is 7.14.